The number of anilines is 1. The summed E-state index contributed by atoms with van der Waals surface area (Å²) in [6.45, 7) is 7.79. The average molecular weight is 288 g/mol. The van der Waals surface area contributed by atoms with Gasteiger partial charge in [-0.25, -0.2) is 0 Å². The van der Waals surface area contributed by atoms with Crippen LogP contribution in [0.5, 0.6) is 0 Å². The normalized spacial score (nSPS) is 16.4. The quantitative estimate of drug-likeness (QED) is 0.797. The molecule has 0 heterocycles. The van der Waals surface area contributed by atoms with Crippen molar-refractivity contribution in [2.45, 2.75) is 52.5 Å². The van der Waals surface area contributed by atoms with Crippen molar-refractivity contribution in [2.75, 3.05) is 25.0 Å². The van der Waals surface area contributed by atoms with Crippen molar-refractivity contribution in [3.05, 3.63) is 29.8 Å². The molecule has 1 saturated carbocycles. The second-order valence-corrected chi connectivity index (χ2v) is 7.04. The summed E-state index contributed by atoms with van der Waals surface area (Å²) in [6.07, 6.45) is 7.12. The second kappa shape index (κ2) is 8.43. The minimum Gasteiger partial charge on any atom is -0.374 e. The van der Waals surface area contributed by atoms with E-state index in [1.807, 2.05) is 0 Å². The topological polar surface area (TPSA) is 15.3 Å². The van der Waals surface area contributed by atoms with Gasteiger partial charge in [0.1, 0.15) is 0 Å². The van der Waals surface area contributed by atoms with Crippen LogP contribution < -0.4 is 10.2 Å². The minimum absolute atomic E-state index is 0.706. The Morgan fingerprint density at radius 3 is 2.57 bits per heavy atom. The van der Waals surface area contributed by atoms with Crippen LogP contribution in [0.2, 0.25) is 0 Å². The highest BCUT2D eigenvalue weighted by molar-refractivity contribution is 5.53. The third kappa shape index (κ3) is 5.35. The van der Waals surface area contributed by atoms with Crippen LogP contribution in [0.1, 0.15) is 51.5 Å². The first kappa shape index (κ1) is 16.4. The summed E-state index contributed by atoms with van der Waals surface area (Å²) >= 11 is 0. The van der Waals surface area contributed by atoms with Crippen molar-refractivity contribution < 1.29 is 0 Å². The van der Waals surface area contributed by atoms with Gasteiger partial charge in [-0.3, -0.25) is 0 Å². The fourth-order valence-corrected chi connectivity index (χ4v) is 3.38. The molecule has 0 aromatic heterocycles. The Morgan fingerprint density at radius 1 is 1.14 bits per heavy atom. The predicted molar refractivity (Wildman–Crippen MR) is 92.8 cm³/mol. The zero-order chi connectivity index (χ0) is 15.1. The molecule has 1 aromatic carbocycles. The first-order valence-corrected chi connectivity index (χ1v) is 8.66. The molecule has 1 aromatic rings. The van der Waals surface area contributed by atoms with E-state index in [0.29, 0.717) is 5.92 Å². The van der Waals surface area contributed by atoms with Gasteiger partial charge in [0.2, 0.25) is 0 Å². The molecular formula is C19H32N2. The van der Waals surface area contributed by atoms with E-state index >= 15 is 0 Å². The van der Waals surface area contributed by atoms with E-state index in [-0.39, 0.29) is 0 Å². The van der Waals surface area contributed by atoms with Gasteiger partial charge in [-0.1, -0.05) is 51.3 Å². The van der Waals surface area contributed by atoms with E-state index in [2.05, 4.69) is 55.4 Å². The van der Waals surface area contributed by atoms with Gasteiger partial charge >= 0.3 is 0 Å². The molecular weight excluding hydrogens is 256 g/mol. The Bertz CT molecular complexity index is 408. The minimum atomic E-state index is 0.706. The standard InChI is InChI=1S/C19H32N2/c1-16(2)13-20-14-18-11-7-8-12-19(18)21(3)15-17-9-5-4-6-10-17/h7-8,11-12,16-17,20H,4-6,9-10,13-15H2,1-3H3. The van der Waals surface area contributed by atoms with Crippen LogP contribution in [-0.2, 0) is 6.54 Å². The molecule has 1 N–H and O–H groups in total. The zero-order valence-electron chi connectivity index (χ0n) is 14.1. The largest absolute Gasteiger partial charge is 0.374 e. The summed E-state index contributed by atoms with van der Waals surface area (Å²) in [5.41, 5.74) is 2.83. The highest BCUT2D eigenvalue weighted by Gasteiger charge is 2.16. The number of benzene rings is 1. The second-order valence-electron chi connectivity index (χ2n) is 7.04. The molecule has 0 aliphatic heterocycles. The van der Waals surface area contributed by atoms with Gasteiger partial charge < -0.3 is 10.2 Å². The fourth-order valence-electron chi connectivity index (χ4n) is 3.38. The third-order valence-electron chi connectivity index (χ3n) is 4.53. The Labute approximate surface area is 130 Å². The average Bonchev–Trinajstić information content (AvgIpc) is 2.48. The lowest BCUT2D eigenvalue weighted by atomic mass is 9.89. The molecule has 0 unspecified atom stereocenters. The van der Waals surface area contributed by atoms with Gasteiger partial charge in [-0.2, -0.15) is 0 Å². The fraction of sp³-hybridized carbons (Fsp3) is 0.684. The number of nitrogens with zero attached hydrogens (tertiary/aromatic N) is 1. The Morgan fingerprint density at radius 2 is 1.86 bits per heavy atom. The number of hydrogen-bond acceptors (Lipinski definition) is 2. The maximum atomic E-state index is 3.57. The van der Waals surface area contributed by atoms with Gasteiger partial charge in [-0.15, -0.1) is 0 Å². The summed E-state index contributed by atoms with van der Waals surface area (Å²) in [4.78, 5) is 2.47. The lowest BCUT2D eigenvalue weighted by Gasteiger charge is -2.29. The van der Waals surface area contributed by atoms with Gasteiger partial charge in [0.15, 0.2) is 0 Å². The lowest BCUT2D eigenvalue weighted by molar-refractivity contribution is 0.362. The van der Waals surface area contributed by atoms with E-state index in [9.17, 15) is 0 Å². The molecule has 1 aliphatic rings. The molecule has 21 heavy (non-hydrogen) atoms. The highest BCUT2D eigenvalue weighted by atomic mass is 15.1. The van der Waals surface area contributed by atoms with Crippen LogP contribution in [0.15, 0.2) is 24.3 Å². The Kier molecular flexibility index (Phi) is 6.56. The van der Waals surface area contributed by atoms with Gasteiger partial charge in [-0.05, 0) is 42.9 Å². The van der Waals surface area contributed by atoms with Gasteiger partial charge in [0, 0.05) is 25.8 Å². The summed E-state index contributed by atoms with van der Waals surface area (Å²) in [5.74, 6) is 1.59. The molecule has 0 bridgehead atoms. The van der Waals surface area contributed by atoms with E-state index in [1.54, 1.807) is 0 Å². The van der Waals surface area contributed by atoms with Crippen molar-refractivity contribution in [3.8, 4) is 0 Å². The monoisotopic (exact) mass is 288 g/mol. The third-order valence-corrected chi connectivity index (χ3v) is 4.53. The molecule has 0 spiro atoms. The number of rotatable bonds is 7. The van der Waals surface area contributed by atoms with Crippen LogP contribution in [0, 0.1) is 11.8 Å². The van der Waals surface area contributed by atoms with Crippen molar-refractivity contribution in [1.82, 2.24) is 5.32 Å². The molecule has 0 atom stereocenters. The van der Waals surface area contributed by atoms with E-state index in [0.717, 1.165) is 19.0 Å². The molecule has 0 amide bonds. The molecule has 0 radical (unpaired) electrons. The molecule has 2 rings (SSSR count). The highest BCUT2D eigenvalue weighted by Crippen LogP contribution is 2.27. The number of nitrogens with one attached hydrogen (secondary N) is 1. The SMILES string of the molecule is CC(C)CNCc1ccccc1N(C)CC1CCCCC1. The van der Waals surface area contributed by atoms with Crippen molar-refractivity contribution in [2.24, 2.45) is 11.8 Å². The van der Waals surface area contributed by atoms with Crippen molar-refractivity contribution in [3.63, 3.8) is 0 Å². The molecule has 2 heteroatoms. The van der Waals surface area contributed by atoms with Crippen LogP contribution >= 0.6 is 0 Å². The van der Waals surface area contributed by atoms with E-state index in [1.165, 1.54) is 49.9 Å². The molecule has 0 saturated heterocycles. The first-order chi connectivity index (χ1) is 10.2. The molecule has 1 aliphatic carbocycles. The maximum Gasteiger partial charge on any atom is 0.0409 e. The van der Waals surface area contributed by atoms with Crippen LogP contribution in [0.3, 0.4) is 0 Å². The van der Waals surface area contributed by atoms with Crippen molar-refractivity contribution >= 4 is 5.69 Å². The summed E-state index contributed by atoms with van der Waals surface area (Å²) in [6, 6.07) is 8.86. The Hall–Kier alpha value is -1.02. The van der Waals surface area contributed by atoms with Crippen molar-refractivity contribution in [1.29, 1.82) is 0 Å². The van der Waals surface area contributed by atoms with Crippen LogP contribution in [0.4, 0.5) is 5.69 Å². The van der Waals surface area contributed by atoms with Gasteiger partial charge in [0.05, 0.1) is 0 Å². The van der Waals surface area contributed by atoms with E-state index in [4.69, 9.17) is 0 Å². The lowest BCUT2D eigenvalue weighted by Crippen LogP contribution is -2.28. The molecule has 2 nitrogen and oxygen atoms in total. The molecule has 1 fully saturated rings. The van der Waals surface area contributed by atoms with Crippen LogP contribution in [0.25, 0.3) is 0 Å². The predicted octanol–water partition coefficient (Wildman–Crippen LogP) is 4.45. The summed E-state index contributed by atoms with van der Waals surface area (Å²) in [5, 5.41) is 3.57. The zero-order valence-corrected chi connectivity index (χ0v) is 14.1. The van der Waals surface area contributed by atoms with E-state index < -0.39 is 0 Å². The first-order valence-electron chi connectivity index (χ1n) is 8.66. The maximum absolute atomic E-state index is 3.57. The smallest absolute Gasteiger partial charge is 0.0409 e. The number of para-hydroxylation sites is 1. The number of hydrogen-bond donors (Lipinski definition) is 1. The summed E-state index contributed by atoms with van der Waals surface area (Å²) in [7, 11) is 2.26. The summed E-state index contributed by atoms with van der Waals surface area (Å²) < 4.78 is 0. The molecule has 118 valence electrons. The van der Waals surface area contributed by atoms with Gasteiger partial charge in [0.25, 0.3) is 0 Å². The Balaban J connectivity index is 1.93. The van der Waals surface area contributed by atoms with Crippen LogP contribution in [-0.4, -0.2) is 20.1 Å².